The number of nitrogens with zero attached hydrogens (tertiary/aromatic N) is 4. The summed E-state index contributed by atoms with van der Waals surface area (Å²) >= 11 is 1.23. The van der Waals surface area contributed by atoms with E-state index in [4.69, 9.17) is 43.2 Å². The molecule has 1 aromatic heterocycles. The predicted molar refractivity (Wildman–Crippen MR) is 254 cm³/mol. The van der Waals surface area contributed by atoms with Crippen LogP contribution in [0.5, 0.6) is 28.7 Å². The van der Waals surface area contributed by atoms with Crippen LogP contribution in [0.4, 0.5) is 10.8 Å². The van der Waals surface area contributed by atoms with Crippen molar-refractivity contribution >= 4 is 68.2 Å². The predicted octanol–water partition coefficient (Wildman–Crippen LogP) is 9.53. The highest BCUT2D eigenvalue weighted by molar-refractivity contribution is 7.22. The van der Waals surface area contributed by atoms with Crippen LogP contribution in [-0.2, 0) is 49.4 Å². The third-order valence-corrected chi connectivity index (χ3v) is 12.7. The Kier molecular flexibility index (Phi) is 17.7. The zero-order valence-electron chi connectivity index (χ0n) is 38.4. The van der Waals surface area contributed by atoms with E-state index in [2.05, 4.69) is 34.4 Å². The van der Waals surface area contributed by atoms with E-state index in [9.17, 15) is 28.8 Å². The molecule has 0 bridgehead atoms. The molecule has 0 N–H and O–H groups in total. The molecule has 4 aromatic carbocycles. The maximum absolute atomic E-state index is 13.6. The third-order valence-electron chi connectivity index (χ3n) is 11.7. The number of benzene rings is 4. The minimum atomic E-state index is -0.617. The summed E-state index contributed by atoms with van der Waals surface area (Å²) in [7, 11) is 0. The number of aromatic nitrogens is 1. The fourth-order valence-corrected chi connectivity index (χ4v) is 8.73. The van der Waals surface area contributed by atoms with E-state index in [0.717, 1.165) is 17.7 Å². The number of nitriles is 1. The average molecular weight is 985 g/mol. The number of fused-ring (bicyclic) bond motifs is 1. The van der Waals surface area contributed by atoms with Gasteiger partial charge < -0.3 is 37.9 Å². The molecule has 18 nitrogen and oxygen atoms in total. The van der Waals surface area contributed by atoms with Gasteiger partial charge in [0.2, 0.25) is 18.7 Å². The van der Waals surface area contributed by atoms with E-state index in [1.807, 2.05) is 0 Å². The lowest BCUT2D eigenvalue weighted by molar-refractivity contribution is -0.152. The molecule has 366 valence electrons. The van der Waals surface area contributed by atoms with Gasteiger partial charge in [-0.25, -0.2) is 14.6 Å². The first-order chi connectivity index (χ1) is 34.5. The highest BCUT2D eigenvalue weighted by Gasteiger charge is 2.34. The van der Waals surface area contributed by atoms with Gasteiger partial charge >= 0.3 is 35.8 Å². The van der Waals surface area contributed by atoms with Crippen LogP contribution in [-0.4, -0.2) is 61.0 Å². The summed E-state index contributed by atoms with van der Waals surface area (Å²) in [6.07, 6.45) is 5.83. The van der Waals surface area contributed by atoms with Gasteiger partial charge in [-0.3, -0.25) is 19.2 Å². The average Bonchev–Trinajstić information content (AvgIpc) is 3.84. The largest absolute Gasteiger partial charge is 0.465 e. The molecule has 7 rings (SSSR count). The molecule has 0 spiro atoms. The number of carbonyl (C=O) groups excluding carboxylic acids is 6. The Balaban J connectivity index is 0.913. The number of hydrogen-bond acceptors (Lipinski definition) is 19. The maximum atomic E-state index is 13.6. The van der Waals surface area contributed by atoms with Crippen LogP contribution in [0.3, 0.4) is 0 Å². The first-order valence-electron chi connectivity index (χ1n) is 22.7. The van der Waals surface area contributed by atoms with Gasteiger partial charge in [0.25, 0.3) is 0 Å². The second kappa shape index (κ2) is 24.9. The summed E-state index contributed by atoms with van der Waals surface area (Å²) in [6.45, 7) is 6.11. The summed E-state index contributed by atoms with van der Waals surface area (Å²) in [5.74, 6) is -2.82. The minimum Gasteiger partial charge on any atom is -0.465 e. The maximum Gasteiger partial charge on any atom is 0.333 e. The van der Waals surface area contributed by atoms with Gasteiger partial charge in [0, 0.05) is 18.6 Å². The van der Waals surface area contributed by atoms with Gasteiger partial charge in [-0.2, -0.15) is 5.26 Å². The van der Waals surface area contributed by atoms with Crippen LogP contribution in [0, 0.1) is 35.0 Å². The van der Waals surface area contributed by atoms with Crippen LogP contribution in [0.25, 0.3) is 10.2 Å². The molecule has 71 heavy (non-hydrogen) atoms. The quantitative estimate of drug-likeness (QED) is 0.0176. The van der Waals surface area contributed by atoms with Crippen molar-refractivity contribution in [1.29, 1.82) is 5.26 Å². The Bertz CT molecular complexity index is 2800. The third kappa shape index (κ3) is 14.4. The molecular weight excluding hydrogens is 937 g/mol. The van der Waals surface area contributed by atoms with Gasteiger partial charge in [-0.05, 0) is 136 Å². The normalized spacial score (nSPS) is 17.5. The van der Waals surface area contributed by atoms with Crippen molar-refractivity contribution < 1.29 is 66.7 Å². The van der Waals surface area contributed by atoms with E-state index in [0.29, 0.717) is 102 Å². The lowest BCUT2D eigenvalue weighted by atomic mass is 9.82. The number of azo groups is 1. The molecule has 2 aliphatic rings. The number of thiazole rings is 1. The zero-order valence-corrected chi connectivity index (χ0v) is 39.2. The van der Waals surface area contributed by atoms with Gasteiger partial charge in [0.1, 0.15) is 28.5 Å². The Morgan fingerprint density at radius 2 is 1.06 bits per heavy atom. The summed E-state index contributed by atoms with van der Waals surface area (Å²) < 4.78 is 43.8. The van der Waals surface area contributed by atoms with Crippen LogP contribution >= 0.6 is 11.3 Å². The second-order valence-electron chi connectivity index (χ2n) is 16.3. The first-order valence-corrected chi connectivity index (χ1v) is 23.5. The molecule has 2 fully saturated rings. The Labute approximate surface area is 411 Å². The van der Waals surface area contributed by atoms with Gasteiger partial charge in [-0.15, -0.1) is 10.2 Å². The number of esters is 6. The van der Waals surface area contributed by atoms with Crippen LogP contribution < -0.4 is 23.7 Å². The van der Waals surface area contributed by atoms with E-state index in [1.165, 1.54) is 11.3 Å². The number of carbonyl (C=O) groups is 6. The lowest BCUT2D eigenvalue weighted by Crippen LogP contribution is -2.30. The van der Waals surface area contributed by atoms with Gasteiger partial charge in [0.15, 0.2) is 5.75 Å². The molecule has 0 radical (unpaired) electrons. The van der Waals surface area contributed by atoms with Crippen molar-refractivity contribution in [1.82, 2.24) is 4.98 Å². The van der Waals surface area contributed by atoms with Gasteiger partial charge in [-0.1, -0.05) is 30.6 Å². The van der Waals surface area contributed by atoms with E-state index in [-0.39, 0.29) is 48.9 Å². The van der Waals surface area contributed by atoms with E-state index < -0.39 is 41.7 Å². The molecule has 0 amide bonds. The van der Waals surface area contributed by atoms with Crippen molar-refractivity contribution in [2.45, 2.75) is 57.8 Å². The molecule has 0 saturated heterocycles. The number of rotatable bonds is 20. The lowest BCUT2D eigenvalue weighted by Gasteiger charge is -2.26. The van der Waals surface area contributed by atoms with E-state index in [1.54, 1.807) is 84.9 Å². The standard InChI is InChI=1S/C52H48N4O14S/c1-3-44(57)66-30-64-39-18-22-41(23-19-39)68-49(60)35-9-7-34(8-10-35)48(59)63-28-27-33-15-26-43(46-47(33)71-52(54-46)56-55-38-16-5-32(29-53)6-17-38)70-51(62)37-13-11-36(12-14-37)50(61)69-42-24-20-40(21-25-42)65-31-67-45(58)4-2/h3-6,15-26,34-37H,1-2,7-14,27-28,30-31H2/b56-55+. The first kappa shape index (κ1) is 50.6. The van der Waals surface area contributed by atoms with Crippen LogP contribution in [0.15, 0.2) is 120 Å². The fourth-order valence-electron chi connectivity index (χ4n) is 7.79. The molecule has 0 unspecified atom stereocenters. The molecule has 2 saturated carbocycles. The van der Waals surface area contributed by atoms with Gasteiger partial charge in [0.05, 0.1) is 52.3 Å². The van der Waals surface area contributed by atoms with Crippen LogP contribution in [0.1, 0.15) is 62.5 Å². The Hall–Kier alpha value is -8.24. The van der Waals surface area contributed by atoms with Crippen molar-refractivity contribution in [3.63, 3.8) is 0 Å². The number of ether oxygens (including phenoxy) is 8. The number of hydrogen-bond donors (Lipinski definition) is 0. The van der Waals surface area contributed by atoms with Crippen molar-refractivity contribution in [3.8, 4) is 34.8 Å². The second-order valence-corrected chi connectivity index (χ2v) is 17.3. The monoisotopic (exact) mass is 984 g/mol. The smallest absolute Gasteiger partial charge is 0.333 e. The highest BCUT2D eigenvalue weighted by Crippen LogP contribution is 2.39. The Morgan fingerprint density at radius 1 is 0.592 bits per heavy atom. The SMILES string of the molecule is C=CC(=O)OCOc1ccc(OC(=O)C2CCC(C(=O)OCCc3ccc(OC(=O)C4CCC(C(=O)Oc5ccc(OCOC(=O)C=C)cc5)CC4)c4nc(/N=N/c5ccc(C#N)cc5)sc34)CC2)cc1. The summed E-state index contributed by atoms with van der Waals surface area (Å²) in [5, 5.41) is 18.1. The molecule has 19 heteroatoms. The fraction of sp³-hybridized carbons (Fsp3) is 0.308. The molecule has 0 atom stereocenters. The van der Waals surface area contributed by atoms with Crippen molar-refractivity contribution in [2.75, 3.05) is 20.2 Å². The Morgan fingerprint density at radius 3 is 1.54 bits per heavy atom. The molecule has 1 heterocycles. The molecule has 5 aromatic rings. The molecule has 2 aliphatic carbocycles. The molecule has 0 aliphatic heterocycles. The highest BCUT2D eigenvalue weighted by atomic mass is 32.1. The minimum absolute atomic E-state index is 0.0614. The summed E-state index contributed by atoms with van der Waals surface area (Å²) in [4.78, 5) is 79.9. The summed E-state index contributed by atoms with van der Waals surface area (Å²) in [6, 6.07) is 24.7. The van der Waals surface area contributed by atoms with Crippen molar-refractivity contribution in [3.05, 3.63) is 121 Å². The summed E-state index contributed by atoms with van der Waals surface area (Å²) in [5.41, 5.74) is 2.14. The van der Waals surface area contributed by atoms with E-state index >= 15 is 0 Å². The zero-order chi connectivity index (χ0) is 50.1. The topological polar surface area (TPSA) is 238 Å². The molecular formula is C52H48N4O14S. The van der Waals surface area contributed by atoms with Crippen LogP contribution in [0.2, 0.25) is 0 Å². The van der Waals surface area contributed by atoms with Crippen molar-refractivity contribution in [2.24, 2.45) is 33.9 Å².